The molecule has 7 rings (SSSR count). The highest BCUT2D eigenvalue weighted by Crippen LogP contribution is 2.38. The largest absolute Gasteiger partial charge is 0.0801 e. The van der Waals surface area contributed by atoms with Gasteiger partial charge in [-0.3, -0.25) is 0 Å². The molecule has 0 unspecified atom stereocenters. The molecule has 0 atom stereocenters. The molecular formula is C39H52. The Labute approximate surface area is 239 Å². The molecule has 0 amide bonds. The fourth-order valence-corrected chi connectivity index (χ4v) is 6.39. The van der Waals surface area contributed by atoms with E-state index in [1.54, 1.807) is 0 Å². The summed E-state index contributed by atoms with van der Waals surface area (Å²) in [7, 11) is 0. The van der Waals surface area contributed by atoms with E-state index in [0.717, 1.165) is 18.3 Å². The molecule has 0 aliphatic heterocycles. The van der Waals surface area contributed by atoms with Crippen molar-refractivity contribution in [3.8, 4) is 11.1 Å². The van der Waals surface area contributed by atoms with Gasteiger partial charge in [0.05, 0.1) is 0 Å². The lowest BCUT2D eigenvalue weighted by atomic mass is 9.81. The summed E-state index contributed by atoms with van der Waals surface area (Å²) < 4.78 is 0. The minimum Gasteiger partial charge on any atom is -0.0801 e. The van der Waals surface area contributed by atoms with Crippen LogP contribution in [0.5, 0.6) is 0 Å². The molecule has 4 aliphatic rings. The summed E-state index contributed by atoms with van der Waals surface area (Å²) in [6.07, 6.45) is 30.6. The van der Waals surface area contributed by atoms with Crippen molar-refractivity contribution in [1.82, 2.24) is 0 Å². The summed E-state index contributed by atoms with van der Waals surface area (Å²) in [6, 6.07) is 20.2. The highest BCUT2D eigenvalue weighted by molar-refractivity contribution is 5.99. The van der Waals surface area contributed by atoms with Gasteiger partial charge in [0, 0.05) is 0 Å². The molecule has 208 valence electrons. The third kappa shape index (κ3) is 8.44. The molecule has 0 aromatic heterocycles. The number of fused-ring (bicyclic) bond motifs is 2. The molecule has 3 aromatic rings. The van der Waals surface area contributed by atoms with Gasteiger partial charge in [-0.15, -0.1) is 0 Å². The Bertz CT molecular complexity index is 1200. The van der Waals surface area contributed by atoms with E-state index < -0.39 is 0 Å². The van der Waals surface area contributed by atoms with Crippen molar-refractivity contribution < 1.29 is 0 Å². The lowest BCUT2D eigenvalue weighted by Gasteiger charge is -2.23. The monoisotopic (exact) mass is 520 g/mol. The van der Waals surface area contributed by atoms with Crippen molar-refractivity contribution in [2.24, 2.45) is 11.8 Å². The minimum atomic E-state index is 0. The topological polar surface area (TPSA) is 0 Å². The van der Waals surface area contributed by atoms with Gasteiger partial charge in [0.25, 0.3) is 0 Å². The number of hydrogen-bond donors (Lipinski definition) is 0. The second-order valence-electron chi connectivity index (χ2n) is 12.2. The van der Waals surface area contributed by atoms with Crippen molar-refractivity contribution in [2.45, 2.75) is 111 Å². The van der Waals surface area contributed by atoms with E-state index in [9.17, 15) is 0 Å². The van der Waals surface area contributed by atoms with Crippen molar-refractivity contribution in [1.29, 1.82) is 0 Å². The van der Waals surface area contributed by atoms with E-state index in [0.29, 0.717) is 0 Å². The Morgan fingerprint density at radius 2 is 1.21 bits per heavy atom. The maximum absolute atomic E-state index is 2.41. The molecule has 0 heterocycles. The zero-order valence-corrected chi connectivity index (χ0v) is 23.8. The van der Waals surface area contributed by atoms with Gasteiger partial charge >= 0.3 is 0 Å². The first kappa shape index (κ1) is 29.4. The van der Waals surface area contributed by atoms with E-state index in [1.807, 2.05) is 0 Å². The molecule has 0 bridgehead atoms. The van der Waals surface area contributed by atoms with E-state index >= 15 is 0 Å². The molecule has 4 aliphatic carbocycles. The molecule has 3 fully saturated rings. The molecular weight excluding hydrogens is 468 g/mol. The van der Waals surface area contributed by atoms with Crippen LogP contribution in [-0.4, -0.2) is 0 Å². The standard InChI is InChI=1S/C28H28.C7H14.C3H6.CH4/c1-3-10-21(11-4-1)20-23-18-19-28(26-16-6-2-5-14-25(23)26)27-17-9-13-22-12-7-8-15-24(22)27;1-7-5-3-2-4-6-7;1-2-3-1;/h5-9,12-19,21H,1-4,10-11,20H2;7H,2-6H2,1H3;1-3H2;1H4. The SMILES string of the molecule is C.C1=Cc2c(CC3CCCCC3)ccc(-c3cccc4ccccc34)c2C=CC1.C1CC1.CC1CCCCC1. The van der Waals surface area contributed by atoms with E-state index in [2.05, 4.69) is 85.8 Å². The quantitative estimate of drug-likeness (QED) is 0.322. The van der Waals surface area contributed by atoms with Gasteiger partial charge in [0.15, 0.2) is 0 Å². The summed E-state index contributed by atoms with van der Waals surface area (Å²) in [4.78, 5) is 0. The number of hydrogen-bond acceptors (Lipinski definition) is 0. The van der Waals surface area contributed by atoms with Crippen LogP contribution in [0.4, 0.5) is 0 Å². The van der Waals surface area contributed by atoms with Crippen molar-refractivity contribution >= 4 is 22.9 Å². The first-order valence-corrected chi connectivity index (χ1v) is 15.8. The predicted octanol–water partition coefficient (Wildman–Crippen LogP) is 12.5. The first-order valence-electron chi connectivity index (χ1n) is 15.8. The van der Waals surface area contributed by atoms with Crippen LogP contribution in [0.25, 0.3) is 34.1 Å². The molecule has 3 aromatic carbocycles. The lowest BCUT2D eigenvalue weighted by Crippen LogP contribution is -2.10. The van der Waals surface area contributed by atoms with Gasteiger partial charge in [-0.1, -0.05) is 177 Å². The average Bonchev–Trinajstić information content (AvgIpc) is 3.85. The Balaban J connectivity index is 0.000000270. The zero-order valence-electron chi connectivity index (χ0n) is 23.8. The summed E-state index contributed by atoms with van der Waals surface area (Å²) >= 11 is 0. The minimum absolute atomic E-state index is 0. The Kier molecular flexibility index (Phi) is 11.5. The van der Waals surface area contributed by atoms with Gasteiger partial charge in [-0.05, 0) is 63.3 Å². The highest BCUT2D eigenvalue weighted by Gasteiger charge is 2.19. The lowest BCUT2D eigenvalue weighted by molar-refractivity contribution is 0.356. The van der Waals surface area contributed by atoms with Crippen LogP contribution < -0.4 is 0 Å². The van der Waals surface area contributed by atoms with Crippen LogP contribution in [0, 0.1) is 11.8 Å². The van der Waals surface area contributed by atoms with Gasteiger partial charge < -0.3 is 0 Å². The van der Waals surface area contributed by atoms with Crippen LogP contribution in [-0.2, 0) is 6.42 Å². The molecule has 0 saturated heterocycles. The van der Waals surface area contributed by atoms with Crippen LogP contribution in [0.15, 0.2) is 66.7 Å². The van der Waals surface area contributed by atoms with Crippen LogP contribution in [0.2, 0.25) is 0 Å². The molecule has 0 heteroatoms. The second-order valence-corrected chi connectivity index (χ2v) is 12.2. The molecule has 0 spiro atoms. The fraction of sp³-hybridized carbons (Fsp3) is 0.487. The van der Waals surface area contributed by atoms with E-state index in [-0.39, 0.29) is 7.43 Å². The fourth-order valence-electron chi connectivity index (χ4n) is 6.39. The number of rotatable bonds is 3. The van der Waals surface area contributed by atoms with Gasteiger partial charge in [0.1, 0.15) is 0 Å². The van der Waals surface area contributed by atoms with Crippen LogP contribution in [0.3, 0.4) is 0 Å². The molecule has 0 N–H and O–H groups in total. The third-order valence-electron chi connectivity index (χ3n) is 8.78. The average molecular weight is 521 g/mol. The highest BCUT2D eigenvalue weighted by atomic mass is 14.2. The maximum Gasteiger partial charge on any atom is -0.00991 e. The summed E-state index contributed by atoms with van der Waals surface area (Å²) in [5.74, 6) is 1.90. The summed E-state index contributed by atoms with van der Waals surface area (Å²) in [6.45, 7) is 2.36. The van der Waals surface area contributed by atoms with E-state index in [4.69, 9.17) is 0 Å². The normalized spacial score (nSPS) is 18.5. The van der Waals surface area contributed by atoms with Gasteiger partial charge in [-0.2, -0.15) is 0 Å². The number of benzene rings is 3. The summed E-state index contributed by atoms with van der Waals surface area (Å²) in [5, 5.41) is 2.65. The van der Waals surface area contributed by atoms with Crippen LogP contribution in [0.1, 0.15) is 121 Å². The van der Waals surface area contributed by atoms with Crippen molar-refractivity contribution in [3.63, 3.8) is 0 Å². The maximum atomic E-state index is 2.41. The van der Waals surface area contributed by atoms with Gasteiger partial charge in [-0.25, -0.2) is 0 Å². The smallest absolute Gasteiger partial charge is 0.00991 e. The van der Waals surface area contributed by atoms with Crippen LogP contribution >= 0.6 is 0 Å². The predicted molar refractivity (Wildman–Crippen MR) is 175 cm³/mol. The Morgan fingerprint density at radius 3 is 1.87 bits per heavy atom. The summed E-state index contributed by atoms with van der Waals surface area (Å²) in [5.41, 5.74) is 7.09. The Morgan fingerprint density at radius 1 is 0.590 bits per heavy atom. The third-order valence-corrected chi connectivity index (χ3v) is 8.78. The molecule has 0 nitrogen and oxygen atoms in total. The van der Waals surface area contributed by atoms with Gasteiger partial charge in [0.2, 0.25) is 0 Å². The van der Waals surface area contributed by atoms with E-state index in [1.165, 1.54) is 128 Å². The van der Waals surface area contributed by atoms with Crippen molar-refractivity contribution in [3.05, 3.63) is 83.4 Å². The Hall–Kier alpha value is -2.60. The zero-order chi connectivity index (χ0) is 26.0. The molecule has 0 radical (unpaired) electrons. The van der Waals surface area contributed by atoms with Crippen molar-refractivity contribution in [2.75, 3.05) is 0 Å². The molecule has 3 saturated carbocycles. The number of allylic oxidation sites excluding steroid dienone is 2. The first-order chi connectivity index (χ1) is 18.8. The second kappa shape index (κ2) is 15.3. The molecule has 39 heavy (non-hydrogen) atoms.